The molecule has 91 valence electrons. The van der Waals surface area contributed by atoms with Crippen molar-refractivity contribution >= 4 is 5.69 Å². The Kier molecular flexibility index (Phi) is 3.55. The van der Waals surface area contributed by atoms with Gasteiger partial charge in [0.1, 0.15) is 5.56 Å². The van der Waals surface area contributed by atoms with Crippen molar-refractivity contribution in [3.05, 3.63) is 58.0 Å². The van der Waals surface area contributed by atoms with Gasteiger partial charge in [-0.1, -0.05) is 25.1 Å². The molecule has 1 radical (unpaired) electrons. The van der Waals surface area contributed by atoms with E-state index in [1.165, 1.54) is 25.1 Å². The van der Waals surface area contributed by atoms with Crippen molar-refractivity contribution in [3.63, 3.8) is 0 Å². The highest BCUT2D eigenvalue weighted by molar-refractivity contribution is 5.54. The monoisotopic (exact) mass is 244 g/mol. The van der Waals surface area contributed by atoms with Gasteiger partial charge in [-0.05, 0) is 5.56 Å². The van der Waals surface area contributed by atoms with Crippen molar-refractivity contribution in [2.45, 2.75) is 13.1 Å². The number of halogens is 3. The fourth-order valence-corrected chi connectivity index (χ4v) is 1.43. The Morgan fingerprint density at radius 2 is 2.06 bits per heavy atom. The van der Waals surface area contributed by atoms with E-state index in [4.69, 9.17) is 0 Å². The van der Waals surface area contributed by atoms with E-state index < -0.39 is 22.4 Å². The largest absolute Gasteiger partial charge is 0.423 e. The second kappa shape index (κ2) is 4.57. The summed E-state index contributed by atoms with van der Waals surface area (Å²) in [6.07, 6.45) is -3.54. The third kappa shape index (κ3) is 2.64. The first kappa shape index (κ1) is 13.2. The fraction of sp³-hybridized carbons (Fsp3) is 0.182. The van der Waals surface area contributed by atoms with Crippen LogP contribution >= 0.6 is 0 Å². The van der Waals surface area contributed by atoms with Crippen LogP contribution in [0.3, 0.4) is 0 Å². The molecule has 0 saturated carbocycles. The molecule has 1 aromatic rings. The maximum atomic E-state index is 12.8. The van der Waals surface area contributed by atoms with Crippen LogP contribution in [0.15, 0.2) is 30.9 Å². The van der Waals surface area contributed by atoms with Crippen molar-refractivity contribution in [1.29, 1.82) is 0 Å². The lowest BCUT2D eigenvalue weighted by Gasteiger charge is -2.15. The number of hydrogen-bond donors (Lipinski definition) is 0. The van der Waals surface area contributed by atoms with E-state index in [0.29, 0.717) is 0 Å². The van der Waals surface area contributed by atoms with Crippen LogP contribution in [0.2, 0.25) is 0 Å². The van der Waals surface area contributed by atoms with E-state index in [2.05, 4.69) is 6.58 Å². The van der Waals surface area contributed by atoms with Gasteiger partial charge in [-0.15, -0.1) is 6.58 Å². The standard InChI is InChI=1S/C11H9F3NO2/c1-3-7(2)8-5-4-6-9(15(16)17)10(8)11(12,13)14/h3-6H,1H2,2H3. The molecule has 0 bridgehead atoms. The molecule has 0 aromatic heterocycles. The van der Waals surface area contributed by atoms with E-state index in [9.17, 15) is 23.3 Å². The van der Waals surface area contributed by atoms with Crippen LogP contribution in [0.25, 0.3) is 0 Å². The summed E-state index contributed by atoms with van der Waals surface area (Å²) in [4.78, 5) is 9.56. The molecule has 0 heterocycles. The van der Waals surface area contributed by atoms with Crippen LogP contribution in [0.5, 0.6) is 0 Å². The van der Waals surface area contributed by atoms with Crippen molar-refractivity contribution in [2.75, 3.05) is 0 Å². The molecule has 0 aliphatic rings. The highest BCUT2D eigenvalue weighted by Crippen LogP contribution is 2.40. The number of nitro groups is 1. The molecule has 17 heavy (non-hydrogen) atoms. The fourth-order valence-electron chi connectivity index (χ4n) is 1.43. The lowest BCUT2D eigenvalue weighted by atomic mass is 9.94. The molecule has 1 aromatic carbocycles. The minimum absolute atomic E-state index is 0.221. The zero-order chi connectivity index (χ0) is 13.2. The van der Waals surface area contributed by atoms with Crippen LogP contribution in [0.4, 0.5) is 18.9 Å². The SMILES string of the molecule is C=C[C](C)c1cccc([N+](=O)[O-])c1C(F)(F)F. The predicted octanol–water partition coefficient (Wildman–Crippen LogP) is 3.74. The Hall–Kier alpha value is -1.85. The smallest absolute Gasteiger partial charge is 0.258 e. The molecule has 0 aliphatic heterocycles. The summed E-state index contributed by atoms with van der Waals surface area (Å²) in [5.41, 5.74) is -2.40. The first-order valence-corrected chi connectivity index (χ1v) is 4.60. The predicted molar refractivity (Wildman–Crippen MR) is 56.3 cm³/mol. The molecular formula is C11H9F3NO2. The molecule has 0 unspecified atom stereocenters. The van der Waals surface area contributed by atoms with Crippen LogP contribution in [-0.2, 0) is 6.18 Å². The second-order valence-electron chi connectivity index (χ2n) is 3.34. The molecule has 1 rings (SSSR count). The lowest BCUT2D eigenvalue weighted by Crippen LogP contribution is -2.13. The van der Waals surface area contributed by atoms with Gasteiger partial charge in [0.05, 0.1) is 4.92 Å². The quantitative estimate of drug-likeness (QED) is 0.600. The zero-order valence-electron chi connectivity index (χ0n) is 8.91. The van der Waals surface area contributed by atoms with Crippen molar-refractivity contribution in [3.8, 4) is 0 Å². The van der Waals surface area contributed by atoms with Crippen LogP contribution in [-0.4, -0.2) is 4.92 Å². The normalized spacial score (nSPS) is 11.6. The summed E-state index contributed by atoms with van der Waals surface area (Å²) in [7, 11) is 0. The molecule has 0 atom stereocenters. The van der Waals surface area contributed by atoms with Gasteiger partial charge in [0, 0.05) is 12.0 Å². The highest BCUT2D eigenvalue weighted by Gasteiger charge is 2.41. The Balaban J connectivity index is 3.56. The molecular weight excluding hydrogens is 235 g/mol. The molecule has 3 nitrogen and oxygen atoms in total. The van der Waals surface area contributed by atoms with Crippen molar-refractivity contribution in [2.24, 2.45) is 0 Å². The summed E-state index contributed by atoms with van der Waals surface area (Å²) in [6.45, 7) is 4.78. The second-order valence-corrected chi connectivity index (χ2v) is 3.34. The lowest BCUT2D eigenvalue weighted by molar-refractivity contribution is -0.388. The zero-order valence-corrected chi connectivity index (χ0v) is 8.91. The van der Waals surface area contributed by atoms with Gasteiger partial charge in [0.15, 0.2) is 0 Å². The number of alkyl halides is 3. The number of rotatable bonds is 3. The highest BCUT2D eigenvalue weighted by atomic mass is 19.4. The van der Waals surface area contributed by atoms with Gasteiger partial charge in [0.25, 0.3) is 5.69 Å². The summed E-state index contributed by atoms with van der Waals surface area (Å²) in [5, 5.41) is 10.6. The van der Waals surface area contributed by atoms with Gasteiger partial charge in [-0.3, -0.25) is 10.1 Å². The van der Waals surface area contributed by atoms with Gasteiger partial charge in [-0.2, -0.15) is 13.2 Å². The Bertz CT molecular complexity index is 455. The summed E-state index contributed by atoms with van der Waals surface area (Å²) in [5.74, 6) is 0.237. The van der Waals surface area contributed by atoms with Gasteiger partial charge >= 0.3 is 6.18 Å². The van der Waals surface area contributed by atoms with Crippen LogP contribution < -0.4 is 0 Å². The molecule has 0 spiro atoms. The first-order valence-electron chi connectivity index (χ1n) is 4.60. The summed E-state index contributed by atoms with van der Waals surface area (Å²) in [6, 6.07) is 3.24. The maximum Gasteiger partial charge on any atom is 0.423 e. The Morgan fingerprint density at radius 3 is 2.47 bits per heavy atom. The summed E-state index contributed by atoms with van der Waals surface area (Å²) < 4.78 is 38.4. The maximum absolute atomic E-state index is 12.8. The molecule has 0 fully saturated rings. The number of benzene rings is 1. The van der Waals surface area contributed by atoms with E-state index in [-0.39, 0.29) is 11.5 Å². The summed E-state index contributed by atoms with van der Waals surface area (Å²) >= 11 is 0. The van der Waals surface area contributed by atoms with Crippen molar-refractivity contribution < 1.29 is 18.1 Å². The van der Waals surface area contributed by atoms with E-state index in [1.54, 1.807) is 0 Å². The van der Waals surface area contributed by atoms with E-state index in [1.807, 2.05) is 0 Å². The number of nitro benzene ring substituents is 1. The number of allylic oxidation sites excluding steroid dienone is 1. The molecule has 0 aliphatic carbocycles. The topological polar surface area (TPSA) is 43.1 Å². The van der Waals surface area contributed by atoms with E-state index >= 15 is 0 Å². The number of hydrogen-bond acceptors (Lipinski definition) is 2. The van der Waals surface area contributed by atoms with Gasteiger partial charge < -0.3 is 0 Å². The van der Waals surface area contributed by atoms with Crippen molar-refractivity contribution in [1.82, 2.24) is 0 Å². The number of nitrogens with zero attached hydrogens (tertiary/aromatic N) is 1. The first-order chi connectivity index (χ1) is 7.79. The van der Waals surface area contributed by atoms with Crippen LogP contribution in [0.1, 0.15) is 18.1 Å². The molecule has 0 N–H and O–H groups in total. The average Bonchev–Trinajstić information content (AvgIpc) is 2.25. The third-order valence-electron chi connectivity index (χ3n) is 2.25. The molecule has 6 heteroatoms. The molecule has 0 saturated heterocycles. The average molecular weight is 244 g/mol. The van der Waals surface area contributed by atoms with E-state index in [0.717, 1.165) is 6.07 Å². The Morgan fingerprint density at radius 1 is 1.47 bits per heavy atom. The van der Waals surface area contributed by atoms with Gasteiger partial charge in [-0.25, -0.2) is 0 Å². The Labute approximate surface area is 95.7 Å². The minimum atomic E-state index is -4.77. The molecule has 0 amide bonds. The minimum Gasteiger partial charge on any atom is -0.258 e. The van der Waals surface area contributed by atoms with Gasteiger partial charge in [0.2, 0.25) is 0 Å². The van der Waals surface area contributed by atoms with Crippen LogP contribution in [0, 0.1) is 16.0 Å². The third-order valence-corrected chi connectivity index (χ3v) is 2.25.